The number of carbonyl (C=O) groups is 1. The van der Waals surface area contributed by atoms with Gasteiger partial charge in [-0.2, -0.15) is 9.90 Å². The second-order valence-corrected chi connectivity index (χ2v) is 10.6. The molecule has 0 aliphatic heterocycles. The number of primary amides is 1. The van der Waals surface area contributed by atoms with Gasteiger partial charge in [-0.25, -0.2) is 17.6 Å². The zero-order valence-electron chi connectivity index (χ0n) is 20.2. The summed E-state index contributed by atoms with van der Waals surface area (Å²) in [5.41, 5.74) is 10.1. The zero-order chi connectivity index (χ0) is 26.3. The van der Waals surface area contributed by atoms with Crippen molar-refractivity contribution in [2.45, 2.75) is 18.4 Å². The maximum absolute atomic E-state index is 11.9. The molecular weight excluding hydrogens is 490 g/mol. The Balaban J connectivity index is 1.61. The van der Waals surface area contributed by atoms with E-state index in [1.54, 1.807) is 39.7 Å². The van der Waals surface area contributed by atoms with Crippen molar-refractivity contribution in [3.05, 3.63) is 89.7 Å². The predicted molar refractivity (Wildman–Crippen MR) is 142 cm³/mol. The Morgan fingerprint density at radius 2 is 1.73 bits per heavy atom. The Kier molecular flexibility index (Phi) is 5.92. The first-order valence-electron chi connectivity index (χ1n) is 11.3. The fourth-order valence-corrected chi connectivity index (χ4v) is 4.63. The topological polar surface area (TPSA) is 129 Å². The van der Waals surface area contributed by atoms with Crippen LogP contribution in [0.15, 0.2) is 77.7 Å². The van der Waals surface area contributed by atoms with Gasteiger partial charge < -0.3 is 5.73 Å². The largest absolute Gasteiger partial charge is 0.404 e. The molecular formula is C26H24N7O3S+. The number of imidazole rings is 1. The van der Waals surface area contributed by atoms with Crippen molar-refractivity contribution in [1.82, 2.24) is 29.1 Å². The van der Waals surface area contributed by atoms with E-state index in [0.717, 1.165) is 28.8 Å². The van der Waals surface area contributed by atoms with Crippen LogP contribution in [-0.2, 0) is 16.4 Å². The zero-order valence-corrected chi connectivity index (χ0v) is 21.1. The van der Waals surface area contributed by atoms with Crippen LogP contribution in [-0.4, -0.2) is 51.8 Å². The molecule has 0 fully saturated rings. The van der Waals surface area contributed by atoms with Gasteiger partial charge in [0.15, 0.2) is 15.4 Å². The highest BCUT2D eigenvalue weighted by molar-refractivity contribution is 7.90. The van der Waals surface area contributed by atoms with Crippen molar-refractivity contribution < 1.29 is 13.2 Å². The van der Waals surface area contributed by atoms with Crippen molar-refractivity contribution in [3.8, 4) is 5.69 Å². The lowest BCUT2D eigenvalue weighted by Crippen LogP contribution is -2.11. The summed E-state index contributed by atoms with van der Waals surface area (Å²) in [5, 5.41) is 9.27. The van der Waals surface area contributed by atoms with Crippen LogP contribution >= 0.6 is 0 Å². The summed E-state index contributed by atoms with van der Waals surface area (Å²) >= 11 is 0. The molecule has 0 aliphatic rings. The number of rotatable bonds is 7. The molecule has 2 heterocycles. The van der Waals surface area contributed by atoms with Crippen LogP contribution in [0.2, 0.25) is 0 Å². The van der Waals surface area contributed by atoms with Gasteiger partial charge in [0.25, 0.3) is 0 Å². The van der Waals surface area contributed by atoms with Gasteiger partial charge in [-0.05, 0) is 61.5 Å². The van der Waals surface area contributed by atoms with E-state index < -0.39 is 15.7 Å². The Morgan fingerprint density at radius 3 is 2.38 bits per heavy atom. The van der Waals surface area contributed by atoms with Gasteiger partial charge in [-0.1, -0.05) is 23.2 Å². The SMILES string of the molecule is C=[N+](c1ccc(S(C)(=O)=O)cc1)c1nc2cc(C(N)=O)ccc2n1Cc1nn(-c2ccccc2)nc1C. The summed E-state index contributed by atoms with van der Waals surface area (Å²) in [6.45, 7) is 6.38. The van der Waals surface area contributed by atoms with Gasteiger partial charge in [-0.3, -0.25) is 4.79 Å². The number of carbonyl (C=O) groups excluding carboxylic acids is 1. The molecule has 2 aromatic heterocycles. The highest BCUT2D eigenvalue weighted by atomic mass is 32.2. The molecule has 0 bridgehead atoms. The van der Waals surface area contributed by atoms with E-state index in [1.165, 1.54) is 12.1 Å². The number of nitrogens with two attached hydrogens (primary N) is 1. The maximum atomic E-state index is 11.9. The van der Waals surface area contributed by atoms with Crippen LogP contribution in [0, 0.1) is 6.92 Å². The molecule has 2 N–H and O–H groups in total. The fourth-order valence-electron chi connectivity index (χ4n) is 4.00. The van der Waals surface area contributed by atoms with Gasteiger partial charge >= 0.3 is 5.95 Å². The minimum Gasteiger partial charge on any atom is -0.366 e. The number of fused-ring (bicyclic) bond motifs is 1. The smallest absolute Gasteiger partial charge is 0.366 e. The number of aryl methyl sites for hydroxylation is 1. The third-order valence-electron chi connectivity index (χ3n) is 6.00. The number of nitrogens with zero attached hydrogens (tertiary/aromatic N) is 6. The molecule has 5 rings (SSSR count). The number of hydrogen-bond donors (Lipinski definition) is 1. The second-order valence-electron chi connectivity index (χ2n) is 8.62. The molecule has 0 radical (unpaired) electrons. The number of amides is 1. The van der Waals surface area contributed by atoms with E-state index in [1.807, 2.05) is 41.8 Å². The average Bonchev–Trinajstić information content (AvgIpc) is 3.43. The molecule has 3 aromatic carbocycles. The first kappa shape index (κ1) is 24.1. The van der Waals surface area contributed by atoms with Crippen molar-refractivity contribution in [2.24, 2.45) is 5.73 Å². The number of hydrogen-bond acceptors (Lipinski definition) is 6. The molecule has 0 atom stereocenters. The molecule has 0 saturated heterocycles. The standard InChI is InChI=1S/C26H23N7O3S/c1-17-23(30-33(29-17)20-7-5-4-6-8-20)16-32-24-14-9-18(25(27)34)15-22(24)28-26(32)31(2)19-10-12-21(13-11-19)37(3,35)36/h4-15H,2,16H2,1,3H3,(H-,27,34)/p+1. The number of sulfone groups is 1. The van der Waals surface area contributed by atoms with E-state index in [-0.39, 0.29) is 4.90 Å². The number of aromatic nitrogens is 5. The molecule has 37 heavy (non-hydrogen) atoms. The lowest BCUT2D eigenvalue weighted by atomic mass is 10.2. The summed E-state index contributed by atoms with van der Waals surface area (Å²) in [6, 6.07) is 21.0. The van der Waals surface area contributed by atoms with Crippen LogP contribution in [0.4, 0.5) is 11.6 Å². The summed E-state index contributed by atoms with van der Waals surface area (Å²) in [7, 11) is -3.34. The quantitative estimate of drug-likeness (QED) is 0.263. The van der Waals surface area contributed by atoms with Crippen molar-refractivity contribution in [1.29, 1.82) is 0 Å². The molecule has 11 heteroatoms. The van der Waals surface area contributed by atoms with Gasteiger partial charge in [0.2, 0.25) is 5.91 Å². The van der Waals surface area contributed by atoms with Crippen LogP contribution in [0.1, 0.15) is 21.7 Å². The van der Waals surface area contributed by atoms with Crippen molar-refractivity contribution in [3.63, 3.8) is 0 Å². The van der Waals surface area contributed by atoms with Crippen molar-refractivity contribution >= 4 is 45.1 Å². The lowest BCUT2D eigenvalue weighted by Gasteiger charge is -2.07. The molecule has 0 spiro atoms. The van der Waals surface area contributed by atoms with Crippen LogP contribution in [0.5, 0.6) is 0 Å². The molecule has 0 saturated carbocycles. The van der Waals surface area contributed by atoms with E-state index in [9.17, 15) is 13.2 Å². The first-order chi connectivity index (χ1) is 17.6. The van der Waals surface area contributed by atoms with E-state index in [4.69, 9.17) is 15.8 Å². The Labute approximate surface area is 213 Å². The molecule has 5 aromatic rings. The highest BCUT2D eigenvalue weighted by Crippen LogP contribution is 2.28. The summed E-state index contributed by atoms with van der Waals surface area (Å²) < 4.78 is 27.3. The lowest BCUT2D eigenvalue weighted by molar-refractivity contribution is 0.100. The highest BCUT2D eigenvalue weighted by Gasteiger charge is 2.26. The van der Waals surface area contributed by atoms with Crippen molar-refractivity contribution in [2.75, 3.05) is 6.26 Å². The molecule has 0 unspecified atom stereocenters. The van der Waals surface area contributed by atoms with Crippen LogP contribution in [0.25, 0.3) is 16.7 Å². The first-order valence-corrected chi connectivity index (χ1v) is 13.2. The molecule has 10 nitrogen and oxygen atoms in total. The van der Waals surface area contributed by atoms with E-state index in [0.29, 0.717) is 29.3 Å². The minimum absolute atomic E-state index is 0.206. The van der Waals surface area contributed by atoms with Gasteiger partial charge in [0.05, 0.1) is 16.3 Å². The second kappa shape index (κ2) is 9.10. The normalized spacial score (nSPS) is 11.6. The number of benzene rings is 3. The van der Waals surface area contributed by atoms with Crippen LogP contribution < -0.4 is 10.3 Å². The summed E-state index contributed by atoms with van der Waals surface area (Å²) in [4.78, 5) is 18.3. The van der Waals surface area contributed by atoms with Crippen LogP contribution in [0.3, 0.4) is 0 Å². The Morgan fingerprint density at radius 1 is 1.03 bits per heavy atom. The third kappa shape index (κ3) is 4.64. The Bertz CT molecular complexity index is 1770. The minimum atomic E-state index is -3.34. The maximum Gasteiger partial charge on any atom is 0.404 e. The third-order valence-corrected chi connectivity index (χ3v) is 7.13. The van der Waals surface area contributed by atoms with Gasteiger partial charge in [-0.15, -0.1) is 5.10 Å². The van der Waals surface area contributed by atoms with Gasteiger partial charge in [0, 0.05) is 18.5 Å². The summed E-state index contributed by atoms with van der Waals surface area (Å²) in [6.07, 6.45) is 1.16. The monoisotopic (exact) mass is 514 g/mol. The van der Waals surface area contributed by atoms with Gasteiger partial charge in [0.1, 0.15) is 23.4 Å². The molecule has 186 valence electrons. The Hall–Kier alpha value is -4.64. The van der Waals surface area contributed by atoms with E-state index >= 15 is 0 Å². The fraction of sp³-hybridized carbons (Fsp3) is 0.115. The number of para-hydroxylation sites is 1. The molecule has 0 aliphatic carbocycles. The summed E-state index contributed by atoms with van der Waals surface area (Å²) in [5.74, 6) is -0.0834. The van der Waals surface area contributed by atoms with E-state index in [2.05, 4.69) is 11.8 Å². The average molecular weight is 515 g/mol. The molecule has 1 amide bonds. The predicted octanol–water partition coefficient (Wildman–Crippen LogP) is 3.01.